The molecule has 1 saturated heterocycles. The van der Waals surface area contributed by atoms with Crippen LogP contribution in [0.4, 0.5) is 0 Å². The van der Waals surface area contributed by atoms with Crippen LogP contribution in [0, 0.1) is 5.41 Å². The minimum absolute atomic E-state index is 0.141. The van der Waals surface area contributed by atoms with E-state index < -0.39 is 5.97 Å². The maximum absolute atomic E-state index is 11.1. The van der Waals surface area contributed by atoms with Crippen LogP contribution in [-0.2, 0) is 16.0 Å². The molecule has 0 amide bonds. The van der Waals surface area contributed by atoms with Gasteiger partial charge in [-0.15, -0.1) is 0 Å². The van der Waals surface area contributed by atoms with Gasteiger partial charge in [-0.2, -0.15) is 0 Å². The first kappa shape index (κ1) is 13.6. The smallest absolute Gasteiger partial charge is 0.303 e. The molecule has 1 fully saturated rings. The summed E-state index contributed by atoms with van der Waals surface area (Å²) in [5, 5.41) is 9.10. The fourth-order valence-electron chi connectivity index (χ4n) is 2.58. The fraction of sp³-hybridized carbons (Fsp3) is 0.500. The quantitative estimate of drug-likeness (QED) is 0.928. The lowest BCUT2D eigenvalue weighted by atomic mass is 9.73. The molecule has 0 unspecified atom stereocenters. The maximum Gasteiger partial charge on any atom is 0.303 e. The summed E-state index contributed by atoms with van der Waals surface area (Å²) in [6.45, 7) is 1.34. The lowest BCUT2D eigenvalue weighted by Crippen LogP contribution is -2.34. The van der Waals surface area contributed by atoms with Gasteiger partial charge < -0.3 is 9.84 Å². The van der Waals surface area contributed by atoms with E-state index in [-0.39, 0.29) is 11.8 Å². The van der Waals surface area contributed by atoms with E-state index >= 15 is 0 Å². The number of ether oxygens (including phenoxy) is 1. The molecule has 1 aliphatic rings. The Bertz CT molecular complexity index is 408. The minimum atomic E-state index is -0.714. The fourth-order valence-corrected chi connectivity index (χ4v) is 2.84. The Hall–Kier alpha value is -0.870. The molecule has 1 aromatic carbocycles. The highest BCUT2D eigenvalue weighted by Gasteiger charge is 2.34. The van der Waals surface area contributed by atoms with E-state index in [9.17, 15) is 4.79 Å². The molecule has 1 aliphatic heterocycles. The molecule has 18 heavy (non-hydrogen) atoms. The molecule has 1 N–H and O–H groups in total. The van der Waals surface area contributed by atoms with Gasteiger partial charge in [-0.05, 0) is 42.4 Å². The summed E-state index contributed by atoms with van der Waals surface area (Å²) in [4.78, 5) is 11.1. The molecule has 0 spiro atoms. The van der Waals surface area contributed by atoms with E-state index in [4.69, 9.17) is 9.84 Å². The van der Waals surface area contributed by atoms with Crippen LogP contribution in [0.2, 0.25) is 0 Å². The Morgan fingerprint density at radius 1 is 1.28 bits per heavy atom. The standard InChI is InChI=1S/C14H17BrO3/c15-12-3-1-11(2-4-12)9-14(10-13(16)17)5-7-18-8-6-14/h1-4H,5-10H2,(H,16,17). The van der Waals surface area contributed by atoms with E-state index in [1.807, 2.05) is 12.1 Å². The van der Waals surface area contributed by atoms with Crippen LogP contribution < -0.4 is 0 Å². The van der Waals surface area contributed by atoms with Crippen LogP contribution in [-0.4, -0.2) is 24.3 Å². The third-order valence-corrected chi connectivity index (χ3v) is 4.10. The second kappa shape index (κ2) is 5.85. The van der Waals surface area contributed by atoms with E-state index in [1.165, 1.54) is 5.56 Å². The number of hydrogen-bond donors (Lipinski definition) is 1. The molecule has 0 bridgehead atoms. The first-order valence-electron chi connectivity index (χ1n) is 6.14. The summed E-state index contributed by atoms with van der Waals surface area (Å²) in [6, 6.07) is 8.12. The lowest BCUT2D eigenvalue weighted by molar-refractivity contribution is -0.141. The highest BCUT2D eigenvalue weighted by atomic mass is 79.9. The van der Waals surface area contributed by atoms with Crippen LogP contribution in [0.5, 0.6) is 0 Å². The van der Waals surface area contributed by atoms with Crippen LogP contribution >= 0.6 is 15.9 Å². The van der Waals surface area contributed by atoms with Crippen molar-refractivity contribution in [1.29, 1.82) is 0 Å². The van der Waals surface area contributed by atoms with Gasteiger partial charge in [-0.25, -0.2) is 0 Å². The summed E-state index contributed by atoms with van der Waals surface area (Å²) in [6.07, 6.45) is 2.70. The van der Waals surface area contributed by atoms with Crippen LogP contribution in [0.3, 0.4) is 0 Å². The Labute approximate surface area is 115 Å². The number of hydrogen-bond acceptors (Lipinski definition) is 2. The number of aliphatic carboxylic acids is 1. The molecule has 0 radical (unpaired) electrons. The van der Waals surface area contributed by atoms with Gasteiger partial charge in [-0.3, -0.25) is 4.79 Å². The molecule has 0 aromatic heterocycles. The Morgan fingerprint density at radius 3 is 2.44 bits per heavy atom. The summed E-state index contributed by atoms with van der Waals surface area (Å²) in [7, 11) is 0. The number of rotatable bonds is 4. The molecule has 0 aliphatic carbocycles. The van der Waals surface area contributed by atoms with Crippen molar-refractivity contribution in [1.82, 2.24) is 0 Å². The lowest BCUT2D eigenvalue weighted by Gasteiger charge is -2.36. The Kier molecular flexibility index (Phi) is 4.40. The minimum Gasteiger partial charge on any atom is -0.481 e. The van der Waals surface area contributed by atoms with Crippen LogP contribution in [0.1, 0.15) is 24.8 Å². The van der Waals surface area contributed by atoms with Crippen LogP contribution in [0.15, 0.2) is 28.7 Å². The van der Waals surface area contributed by atoms with Crippen molar-refractivity contribution < 1.29 is 14.6 Å². The number of halogens is 1. The van der Waals surface area contributed by atoms with Crippen molar-refractivity contribution >= 4 is 21.9 Å². The molecule has 3 nitrogen and oxygen atoms in total. The first-order chi connectivity index (χ1) is 8.60. The number of carboxylic acids is 1. The van der Waals surface area contributed by atoms with E-state index in [0.717, 1.165) is 23.7 Å². The average Bonchev–Trinajstić information content (AvgIpc) is 2.32. The molecule has 1 aromatic rings. The molecule has 0 atom stereocenters. The van der Waals surface area contributed by atoms with Gasteiger partial charge >= 0.3 is 5.97 Å². The summed E-state index contributed by atoms with van der Waals surface area (Å²) >= 11 is 3.41. The summed E-state index contributed by atoms with van der Waals surface area (Å²) in [5.74, 6) is -0.714. The van der Waals surface area contributed by atoms with Gasteiger partial charge in [0.15, 0.2) is 0 Å². The highest BCUT2D eigenvalue weighted by molar-refractivity contribution is 9.10. The highest BCUT2D eigenvalue weighted by Crippen LogP contribution is 2.37. The zero-order valence-electron chi connectivity index (χ0n) is 10.2. The molecule has 98 valence electrons. The third-order valence-electron chi connectivity index (χ3n) is 3.57. The zero-order chi connectivity index (χ0) is 13.0. The third kappa shape index (κ3) is 3.56. The molecular formula is C14H17BrO3. The van der Waals surface area contributed by atoms with Gasteiger partial charge in [-0.1, -0.05) is 28.1 Å². The maximum atomic E-state index is 11.1. The second-order valence-corrected chi connectivity index (χ2v) is 5.90. The average molecular weight is 313 g/mol. The molecular weight excluding hydrogens is 296 g/mol. The van der Waals surface area contributed by atoms with Gasteiger partial charge in [0, 0.05) is 17.7 Å². The first-order valence-corrected chi connectivity index (χ1v) is 6.93. The largest absolute Gasteiger partial charge is 0.481 e. The normalized spacial score (nSPS) is 18.5. The van der Waals surface area contributed by atoms with Crippen molar-refractivity contribution in [3.05, 3.63) is 34.3 Å². The Balaban J connectivity index is 2.13. The van der Waals surface area contributed by atoms with Crippen molar-refractivity contribution in [2.75, 3.05) is 13.2 Å². The van der Waals surface area contributed by atoms with Gasteiger partial charge in [0.1, 0.15) is 0 Å². The molecule has 2 rings (SSSR count). The van der Waals surface area contributed by atoms with Crippen molar-refractivity contribution in [2.45, 2.75) is 25.7 Å². The van der Waals surface area contributed by atoms with Crippen molar-refractivity contribution in [2.24, 2.45) is 5.41 Å². The van der Waals surface area contributed by atoms with Crippen molar-refractivity contribution in [3.63, 3.8) is 0 Å². The SMILES string of the molecule is O=C(O)CC1(Cc2ccc(Br)cc2)CCOCC1. The number of carbonyl (C=O) groups is 1. The monoisotopic (exact) mass is 312 g/mol. The van der Waals surface area contributed by atoms with E-state index in [1.54, 1.807) is 0 Å². The van der Waals surface area contributed by atoms with Gasteiger partial charge in [0.25, 0.3) is 0 Å². The van der Waals surface area contributed by atoms with Gasteiger partial charge in [0.2, 0.25) is 0 Å². The number of carboxylic acid groups (broad SMARTS) is 1. The predicted molar refractivity (Wildman–Crippen MR) is 72.6 cm³/mol. The summed E-state index contributed by atoms with van der Waals surface area (Å²) < 4.78 is 6.41. The van der Waals surface area contributed by atoms with E-state index in [2.05, 4.69) is 28.1 Å². The topological polar surface area (TPSA) is 46.5 Å². The summed E-state index contributed by atoms with van der Waals surface area (Å²) in [5.41, 5.74) is 1.05. The van der Waals surface area contributed by atoms with Crippen molar-refractivity contribution in [3.8, 4) is 0 Å². The zero-order valence-corrected chi connectivity index (χ0v) is 11.8. The van der Waals surface area contributed by atoms with Gasteiger partial charge in [0.05, 0.1) is 6.42 Å². The second-order valence-electron chi connectivity index (χ2n) is 4.99. The molecule has 1 heterocycles. The van der Waals surface area contributed by atoms with Crippen LogP contribution in [0.25, 0.3) is 0 Å². The molecule has 0 saturated carbocycles. The number of benzene rings is 1. The Morgan fingerprint density at radius 2 is 1.89 bits per heavy atom. The molecule has 4 heteroatoms. The predicted octanol–water partition coefficient (Wildman–Crippen LogP) is 3.26. The van der Waals surface area contributed by atoms with E-state index in [0.29, 0.717) is 13.2 Å².